The third-order valence-electron chi connectivity index (χ3n) is 3.87. The molecule has 0 bridgehead atoms. The first kappa shape index (κ1) is 18.2. The van der Waals surface area contributed by atoms with Gasteiger partial charge in [-0.05, 0) is 31.5 Å². The lowest BCUT2D eigenvalue weighted by molar-refractivity contribution is -0.122. The average molecular weight is 290 g/mol. The first-order chi connectivity index (χ1) is 8.42. The summed E-state index contributed by atoms with van der Waals surface area (Å²) >= 11 is 0. The van der Waals surface area contributed by atoms with Gasteiger partial charge in [-0.3, -0.25) is 9.18 Å². The van der Waals surface area contributed by atoms with E-state index in [-0.39, 0.29) is 0 Å². The third kappa shape index (κ3) is 5.40. The Bertz CT molecular complexity index is 349. The van der Waals surface area contributed by atoms with E-state index in [1.165, 1.54) is 0 Å². The standard InChI is InChI=1S/C13H27FN2O2Si/c1-10(16(4)5)15-12(17)11(9-14)8-13(2,3)19(6,7)18/h11,18H,8-9H2,1-7H3/b15-10+. The minimum absolute atomic E-state index is 0.322. The summed E-state index contributed by atoms with van der Waals surface area (Å²) < 4.78 is 13.1. The number of amides is 1. The Hall–Kier alpha value is -0.753. The second kappa shape index (κ2) is 6.61. The van der Waals surface area contributed by atoms with Crippen molar-refractivity contribution in [2.75, 3.05) is 20.8 Å². The van der Waals surface area contributed by atoms with Crippen LogP contribution in [0.15, 0.2) is 4.99 Å². The quantitative estimate of drug-likeness (QED) is 0.481. The van der Waals surface area contributed by atoms with Crippen LogP contribution in [0.25, 0.3) is 0 Å². The number of aliphatic imine (C=N–C) groups is 1. The number of hydrogen-bond acceptors (Lipinski definition) is 2. The topological polar surface area (TPSA) is 52.9 Å². The Labute approximate surface area is 116 Å². The summed E-state index contributed by atoms with van der Waals surface area (Å²) in [6.45, 7) is 8.36. The first-order valence-corrected chi connectivity index (χ1v) is 9.42. The number of halogens is 1. The zero-order chi connectivity index (χ0) is 15.4. The fraction of sp³-hybridized carbons (Fsp3) is 0.846. The van der Waals surface area contributed by atoms with E-state index in [4.69, 9.17) is 0 Å². The van der Waals surface area contributed by atoms with Gasteiger partial charge in [-0.2, -0.15) is 0 Å². The van der Waals surface area contributed by atoms with Gasteiger partial charge in [-0.25, -0.2) is 4.99 Å². The molecule has 0 saturated carbocycles. The van der Waals surface area contributed by atoms with Crippen molar-refractivity contribution in [3.63, 3.8) is 0 Å². The Balaban J connectivity index is 4.96. The number of carbonyl (C=O) groups excluding carboxylic acids is 1. The van der Waals surface area contributed by atoms with E-state index >= 15 is 0 Å². The van der Waals surface area contributed by atoms with Crippen molar-refractivity contribution in [2.45, 2.75) is 45.3 Å². The molecule has 1 amide bonds. The molecule has 1 unspecified atom stereocenters. The largest absolute Gasteiger partial charge is 0.432 e. The summed E-state index contributed by atoms with van der Waals surface area (Å²) in [5.74, 6) is -0.661. The number of rotatable bonds is 5. The SMILES string of the molecule is C/C(=N\C(=O)C(CF)CC(C)(C)[Si](C)(C)O)N(C)C. The molecule has 0 heterocycles. The van der Waals surface area contributed by atoms with Crippen molar-refractivity contribution >= 4 is 20.1 Å². The van der Waals surface area contributed by atoms with Crippen LogP contribution in [0.1, 0.15) is 27.2 Å². The fourth-order valence-corrected chi connectivity index (χ4v) is 2.17. The maximum atomic E-state index is 13.1. The van der Waals surface area contributed by atoms with Crippen LogP contribution in [0.3, 0.4) is 0 Å². The Morgan fingerprint density at radius 1 is 1.42 bits per heavy atom. The van der Waals surface area contributed by atoms with Gasteiger partial charge < -0.3 is 9.70 Å². The lowest BCUT2D eigenvalue weighted by Gasteiger charge is -2.36. The van der Waals surface area contributed by atoms with E-state index in [1.54, 1.807) is 39.0 Å². The summed E-state index contributed by atoms with van der Waals surface area (Å²) in [4.78, 5) is 27.8. The lowest BCUT2D eigenvalue weighted by Crippen LogP contribution is -2.41. The summed E-state index contributed by atoms with van der Waals surface area (Å²) in [6.07, 6.45) is 0.322. The molecular formula is C13H27FN2O2Si. The molecule has 0 spiro atoms. The molecule has 0 aromatic heterocycles. The van der Waals surface area contributed by atoms with Crippen LogP contribution in [0, 0.1) is 5.92 Å². The summed E-state index contributed by atoms with van der Waals surface area (Å²) in [6, 6.07) is 0. The Kier molecular flexibility index (Phi) is 6.35. The summed E-state index contributed by atoms with van der Waals surface area (Å²) in [5, 5.41) is -0.430. The number of alkyl halides is 1. The smallest absolute Gasteiger partial charge is 0.253 e. The first-order valence-electron chi connectivity index (χ1n) is 6.47. The molecule has 1 atom stereocenters. The van der Waals surface area contributed by atoms with E-state index < -0.39 is 31.9 Å². The molecule has 0 aromatic rings. The molecule has 0 aliphatic rings. The minimum Gasteiger partial charge on any atom is -0.432 e. The van der Waals surface area contributed by atoms with E-state index in [1.807, 2.05) is 13.8 Å². The Morgan fingerprint density at radius 2 is 1.89 bits per heavy atom. The van der Waals surface area contributed by atoms with E-state index in [0.29, 0.717) is 12.3 Å². The Morgan fingerprint density at radius 3 is 2.21 bits per heavy atom. The third-order valence-corrected chi connectivity index (χ3v) is 7.38. The van der Waals surface area contributed by atoms with Gasteiger partial charge in [-0.1, -0.05) is 13.8 Å². The van der Waals surface area contributed by atoms with Crippen LogP contribution < -0.4 is 0 Å². The molecule has 0 aromatic carbocycles. The van der Waals surface area contributed by atoms with Crippen LogP contribution in [-0.2, 0) is 4.79 Å². The van der Waals surface area contributed by atoms with Crippen molar-refractivity contribution in [3.8, 4) is 0 Å². The predicted molar refractivity (Wildman–Crippen MR) is 79.6 cm³/mol. The zero-order valence-electron chi connectivity index (χ0n) is 13.1. The second-order valence-corrected chi connectivity index (χ2v) is 10.9. The van der Waals surface area contributed by atoms with Gasteiger partial charge in [0.15, 0.2) is 8.32 Å². The van der Waals surface area contributed by atoms with Crippen LogP contribution in [0.2, 0.25) is 18.1 Å². The molecular weight excluding hydrogens is 263 g/mol. The normalized spacial score (nSPS) is 15.3. The van der Waals surface area contributed by atoms with Crippen molar-refractivity contribution in [2.24, 2.45) is 10.9 Å². The zero-order valence-corrected chi connectivity index (χ0v) is 14.1. The number of nitrogens with zero attached hydrogens (tertiary/aromatic N) is 2. The second-order valence-electron chi connectivity index (χ2n) is 6.39. The molecule has 0 rings (SSSR count). The molecule has 0 saturated heterocycles. The van der Waals surface area contributed by atoms with E-state index in [2.05, 4.69) is 4.99 Å². The number of hydrogen-bond donors (Lipinski definition) is 1. The van der Waals surface area contributed by atoms with Crippen molar-refractivity contribution < 1.29 is 14.0 Å². The predicted octanol–water partition coefficient (Wildman–Crippen LogP) is 2.45. The molecule has 112 valence electrons. The number of amidine groups is 1. The van der Waals surface area contributed by atoms with Gasteiger partial charge in [0, 0.05) is 14.1 Å². The highest BCUT2D eigenvalue weighted by molar-refractivity contribution is 6.72. The van der Waals surface area contributed by atoms with E-state index in [0.717, 1.165) is 0 Å². The molecule has 6 heteroatoms. The highest BCUT2D eigenvalue weighted by atomic mass is 28.4. The molecule has 0 fully saturated rings. The molecule has 0 aliphatic heterocycles. The molecule has 4 nitrogen and oxygen atoms in total. The summed E-state index contributed by atoms with van der Waals surface area (Å²) in [5.41, 5.74) is 0. The van der Waals surface area contributed by atoms with Gasteiger partial charge >= 0.3 is 0 Å². The summed E-state index contributed by atoms with van der Waals surface area (Å²) in [7, 11) is 1.11. The number of carbonyl (C=O) groups is 1. The van der Waals surface area contributed by atoms with Gasteiger partial charge in [0.2, 0.25) is 0 Å². The van der Waals surface area contributed by atoms with Gasteiger partial charge in [0.25, 0.3) is 5.91 Å². The van der Waals surface area contributed by atoms with Gasteiger partial charge in [-0.15, -0.1) is 0 Å². The van der Waals surface area contributed by atoms with Crippen molar-refractivity contribution in [1.29, 1.82) is 0 Å². The van der Waals surface area contributed by atoms with Crippen LogP contribution in [0.5, 0.6) is 0 Å². The molecule has 19 heavy (non-hydrogen) atoms. The molecule has 0 aliphatic carbocycles. The van der Waals surface area contributed by atoms with E-state index in [9.17, 15) is 14.0 Å². The molecule has 0 radical (unpaired) electrons. The van der Waals surface area contributed by atoms with Crippen LogP contribution in [-0.4, -0.2) is 50.5 Å². The van der Waals surface area contributed by atoms with Crippen LogP contribution >= 0.6 is 0 Å². The highest BCUT2D eigenvalue weighted by Crippen LogP contribution is 2.41. The van der Waals surface area contributed by atoms with Crippen molar-refractivity contribution in [1.82, 2.24) is 4.90 Å². The van der Waals surface area contributed by atoms with Crippen molar-refractivity contribution in [3.05, 3.63) is 0 Å². The van der Waals surface area contributed by atoms with Gasteiger partial charge in [0.1, 0.15) is 12.5 Å². The maximum Gasteiger partial charge on any atom is 0.253 e. The lowest BCUT2D eigenvalue weighted by atomic mass is 9.96. The molecule has 1 N–H and O–H groups in total. The highest BCUT2D eigenvalue weighted by Gasteiger charge is 2.41. The van der Waals surface area contributed by atoms with Crippen LogP contribution in [0.4, 0.5) is 4.39 Å². The fourth-order valence-electron chi connectivity index (χ4n) is 1.42. The average Bonchev–Trinajstić information content (AvgIpc) is 2.23. The monoisotopic (exact) mass is 290 g/mol. The minimum atomic E-state index is -2.45. The van der Waals surface area contributed by atoms with Gasteiger partial charge in [0.05, 0.1) is 5.92 Å². The maximum absolute atomic E-state index is 13.1.